The Bertz CT molecular complexity index is 474. The normalized spacial score (nSPS) is 10.2. The quantitative estimate of drug-likeness (QED) is 0.874. The lowest BCUT2D eigenvalue weighted by Crippen LogP contribution is -2.09. The fourth-order valence-corrected chi connectivity index (χ4v) is 1.52. The summed E-state index contributed by atoms with van der Waals surface area (Å²) in [6, 6.07) is 9.70. The smallest absolute Gasteiger partial charge is 0.224 e. The number of nitrogens with one attached hydrogen (secondary N) is 1. The molecule has 1 N–H and O–H groups in total. The first-order chi connectivity index (χ1) is 8.28. The SMILES string of the molecule is CCC(=O)Nc1ccc(Cn2cccn2)cc1. The van der Waals surface area contributed by atoms with Crippen LogP contribution in [0.3, 0.4) is 0 Å². The highest BCUT2D eigenvalue weighted by Crippen LogP contribution is 2.10. The first-order valence-corrected chi connectivity index (χ1v) is 5.64. The van der Waals surface area contributed by atoms with Crippen LogP contribution in [0, 0.1) is 0 Å². The zero-order valence-corrected chi connectivity index (χ0v) is 9.76. The average Bonchev–Trinajstić information content (AvgIpc) is 2.84. The number of hydrogen-bond donors (Lipinski definition) is 1. The van der Waals surface area contributed by atoms with Crippen LogP contribution in [0.5, 0.6) is 0 Å². The number of carbonyl (C=O) groups excluding carboxylic acids is 1. The number of aromatic nitrogens is 2. The lowest BCUT2D eigenvalue weighted by atomic mass is 10.2. The summed E-state index contributed by atoms with van der Waals surface area (Å²) < 4.78 is 1.86. The van der Waals surface area contributed by atoms with Crippen molar-refractivity contribution in [3.8, 4) is 0 Å². The van der Waals surface area contributed by atoms with Crippen molar-refractivity contribution in [2.75, 3.05) is 5.32 Å². The summed E-state index contributed by atoms with van der Waals surface area (Å²) in [5, 5.41) is 6.96. The third kappa shape index (κ3) is 3.17. The minimum atomic E-state index is 0.0322. The van der Waals surface area contributed by atoms with Gasteiger partial charge in [0.2, 0.25) is 5.91 Å². The molecule has 0 aliphatic carbocycles. The molecule has 0 saturated carbocycles. The molecule has 0 bridgehead atoms. The maximum atomic E-state index is 11.2. The molecule has 0 fully saturated rings. The molecular weight excluding hydrogens is 214 g/mol. The van der Waals surface area contributed by atoms with Crippen LogP contribution >= 0.6 is 0 Å². The van der Waals surface area contributed by atoms with Crippen molar-refractivity contribution >= 4 is 11.6 Å². The minimum Gasteiger partial charge on any atom is -0.326 e. The summed E-state index contributed by atoms with van der Waals surface area (Å²) in [6.45, 7) is 2.58. The van der Waals surface area contributed by atoms with Crippen LogP contribution in [0.2, 0.25) is 0 Å². The highest BCUT2D eigenvalue weighted by molar-refractivity contribution is 5.90. The van der Waals surface area contributed by atoms with Crippen molar-refractivity contribution in [2.24, 2.45) is 0 Å². The first kappa shape index (κ1) is 11.4. The molecule has 1 heterocycles. The molecule has 0 aliphatic heterocycles. The molecule has 0 atom stereocenters. The van der Waals surface area contributed by atoms with Gasteiger partial charge < -0.3 is 5.32 Å². The van der Waals surface area contributed by atoms with Gasteiger partial charge in [-0.2, -0.15) is 5.10 Å². The number of carbonyl (C=O) groups is 1. The van der Waals surface area contributed by atoms with Crippen LogP contribution in [-0.4, -0.2) is 15.7 Å². The van der Waals surface area contributed by atoms with Crippen molar-refractivity contribution in [3.05, 3.63) is 48.3 Å². The molecule has 4 nitrogen and oxygen atoms in total. The predicted octanol–water partition coefficient (Wildman–Crippen LogP) is 2.28. The van der Waals surface area contributed by atoms with Crippen molar-refractivity contribution in [3.63, 3.8) is 0 Å². The lowest BCUT2D eigenvalue weighted by Gasteiger charge is -2.05. The molecular formula is C13H15N3O. The van der Waals surface area contributed by atoms with E-state index >= 15 is 0 Å². The van der Waals surface area contributed by atoms with E-state index in [2.05, 4.69) is 10.4 Å². The summed E-state index contributed by atoms with van der Waals surface area (Å²) in [5.74, 6) is 0.0322. The van der Waals surface area contributed by atoms with Crippen molar-refractivity contribution in [1.82, 2.24) is 9.78 Å². The summed E-state index contributed by atoms with van der Waals surface area (Å²) in [4.78, 5) is 11.2. The monoisotopic (exact) mass is 229 g/mol. The zero-order chi connectivity index (χ0) is 12.1. The highest BCUT2D eigenvalue weighted by Gasteiger charge is 1.99. The van der Waals surface area contributed by atoms with E-state index < -0.39 is 0 Å². The Labute approximate surface area is 100 Å². The van der Waals surface area contributed by atoms with Crippen LogP contribution in [-0.2, 0) is 11.3 Å². The summed E-state index contributed by atoms with van der Waals surface area (Å²) in [5.41, 5.74) is 1.99. The van der Waals surface area contributed by atoms with Crippen LogP contribution in [0.4, 0.5) is 5.69 Å². The fourth-order valence-electron chi connectivity index (χ4n) is 1.52. The van der Waals surface area contributed by atoms with Crippen LogP contribution in [0.15, 0.2) is 42.7 Å². The second-order valence-electron chi connectivity index (χ2n) is 3.80. The number of rotatable bonds is 4. The van der Waals surface area contributed by atoms with Gasteiger partial charge in [0, 0.05) is 24.5 Å². The molecule has 2 aromatic rings. The Morgan fingerprint density at radius 3 is 2.71 bits per heavy atom. The molecule has 4 heteroatoms. The number of benzene rings is 1. The van der Waals surface area contributed by atoms with Gasteiger partial charge in [0.05, 0.1) is 6.54 Å². The molecule has 88 valence electrons. The number of anilines is 1. The maximum absolute atomic E-state index is 11.2. The van der Waals surface area contributed by atoms with Gasteiger partial charge >= 0.3 is 0 Å². The molecule has 17 heavy (non-hydrogen) atoms. The number of nitrogens with zero attached hydrogens (tertiary/aromatic N) is 2. The molecule has 0 aliphatic rings. The van der Waals surface area contributed by atoms with Crippen molar-refractivity contribution < 1.29 is 4.79 Å². The third-order valence-electron chi connectivity index (χ3n) is 2.46. The second kappa shape index (κ2) is 5.30. The minimum absolute atomic E-state index is 0.0322. The first-order valence-electron chi connectivity index (χ1n) is 5.64. The van der Waals surface area contributed by atoms with Crippen LogP contribution in [0.25, 0.3) is 0 Å². The lowest BCUT2D eigenvalue weighted by molar-refractivity contribution is -0.115. The molecule has 0 spiro atoms. The Kier molecular flexibility index (Phi) is 3.55. The van der Waals surface area contributed by atoms with Gasteiger partial charge in [-0.1, -0.05) is 19.1 Å². The van der Waals surface area contributed by atoms with E-state index in [4.69, 9.17) is 0 Å². The Hall–Kier alpha value is -2.10. The maximum Gasteiger partial charge on any atom is 0.224 e. The van der Waals surface area contributed by atoms with Gasteiger partial charge in [0.15, 0.2) is 0 Å². The molecule has 0 saturated heterocycles. The van der Waals surface area contributed by atoms with Crippen molar-refractivity contribution in [1.29, 1.82) is 0 Å². The van der Waals surface area contributed by atoms with E-state index in [1.165, 1.54) is 0 Å². The van der Waals surface area contributed by atoms with E-state index in [-0.39, 0.29) is 5.91 Å². The summed E-state index contributed by atoms with van der Waals surface area (Å²) >= 11 is 0. The van der Waals surface area contributed by atoms with Gasteiger partial charge in [0.1, 0.15) is 0 Å². The topological polar surface area (TPSA) is 46.9 Å². The van der Waals surface area contributed by atoms with Gasteiger partial charge in [-0.15, -0.1) is 0 Å². The molecule has 0 radical (unpaired) electrons. The Morgan fingerprint density at radius 1 is 1.35 bits per heavy atom. The van der Waals surface area contributed by atoms with Crippen molar-refractivity contribution in [2.45, 2.75) is 19.9 Å². The van der Waals surface area contributed by atoms with E-state index in [9.17, 15) is 4.79 Å². The zero-order valence-electron chi connectivity index (χ0n) is 9.76. The fraction of sp³-hybridized carbons (Fsp3) is 0.231. The molecule has 1 amide bonds. The van der Waals surface area contributed by atoms with Gasteiger partial charge in [-0.3, -0.25) is 9.48 Å². The highest BCUT2D eigenvalue weighted by atomic mass is 16.1. The largest absolute Gasteiger partial charge is 0.326 e. The Balaban J connectivity index is 2.00. The van der Waals surface area contributed by atoms with Gasteiger partial charge in [0.25, 0.3) is 0 Å². The van der Waals surface area contributed by atoms with Crippen LogP contribution in [0.1, 0.15) is 18.9 Å². The standard InChI is InChI=1S/C13H15N3O/c1-2-13(17)15-12-6-4-11(5-7-12)10-16-9-3-8-14-16/h3-9H,2,10H2,1H3,(H,15,17). The van der Waals surface area contributed by atoms with Gasteiger partial charge in [-0.25, -0.2) is 0 Å². The van der Waals surface area contributed by atoms with E-state index in [1.54, 1.807) is 6.20 Å². The second-order valence-corrected chi connectivity index (χ2v) is 3.80. The van der Waals surface area contributed by atoms with E-state index in [0.717, 1.165) is 17.8 Å². The Morgan fingerprint density at radius 2 is 2.12 bits per heavy atom. The van der Waals surface area contributed by atoms with E-state index in [1.807, 2.05) is 48.1 Å². The predicted molar refractivity (Wildman–Crippen MR) is 66.7 cm³/mol. The molecule has 2 rings (SSSR count). The molecule has 1 aromatic heterocycles. The van der Waals surface area contributed by atoms with E-state index in [0.29, 0.717) is 6.42 Å². The number of amides is 1. The third-order valence-corrected chi connectivity index (χ3v) is 2.46. The summed E-state index contributed by atoms with van der Waals surface area (Å²) in [7, 11) is 0. The number of hydrogen-bond acceptors (Lipinski definition) is 2. The molecule has 0 unspecified atom stereocenters. The van der Waals surface area contributed by atoms with Gasteiger partial charge in [-0.05, 0) is 23.8 Å². The average molecular weight is 229 g/mol. The molecule has 1 aromatic carbocycles. The summed E-state index contributed by atoms with van der Waals surface area (Å²) in [6.07, 6.45) is 4.18. The van der Waals surface area contributed by atoms with Crippen LogP contribution < -0.4 is 5.32 Å².